The van der Waals surface area contributed by atoms with Crippen molar-refractivity contribution in [1.29, 1.82) is 0 Å². The highest BCUT2D eigenvalue weighted by Gasteiger charge is 2.12. The van der Waals surface area contributed by atoms with Gasteiger partial charge in [0.1, 0.15) is 0 Å². The maximum absolute atomic E-state index is 5.96. The minimum Gasteiger partial charge on any atom is -0.377 e. The Bertz CT molecular complexity index is 334. The number of ether oxygens (including phenoxy) is 1. The van der Waals surface area contributed by atoms with Gasteiger partial charge in [-0.05, 0) is 38.8 Å². The van der Waals surface area contributed by atoms with Crippen LogP contribution in [0.5, 0.6) is 0 Å². The molecule has 0 bridgehead atoms. The Morgan fingerprint density at radius 2 is 1.79 bits per heavy atom. The molecular weight excluding hydrogens is 234 g/mol. The Labute approximate surface area is 118 Å². The Hall–Kier alpha value is -0.860. The number of hydrogen-bond acceptors (Lipinski definition) is 2. The van der Waals surface area contributed by atoms with Gasteiger partial charge in [0.2, 0.25) is 0 Å². The Morgan fingerprint density at radius 3 is 2.37 bits per heavy atom. The molecule has 0 radical (unpaired) electrons. The largest absolute Gasteiger partial charge is 0.377 e. The predicted molar refractivity (Wildman–Crippen MR) is 82.5 cm³/mol. The average Bonchev–Trinajstić information content (AvgIpc) is 2.40. The maximum atomic E-state index is 5.96. The summed E-state index contributed by atoms with van der Waals surface area (Å²) in [7, 11) is 0. The lowest BCUT2D eigenvalue weighted by atomic mass is 10.1. The van der Waals surface area contributed by atoms with E-state index < -0.39 is 0 Å². The number of benzene rings is 1. The van der Waals surface area contributed by atoms with Crippen LogP contribution in [-0.2, 0) is 4.74 Å². The quantitative estimate of drug-likeness (QED) is 0.719. The second kappa shape index (κ2) is 9.11. The second-order valence-electron chi connectivity index (χ2n) is 5.35. The number of nitrogens with one attached hydrogen (secondary N) is 1. The molecule has 0 aliphatic carbocycles. The van der Waals surface area contributed by atoms with E-state index in [0.29, 0.717) is 12.1 Å². The number of rotatable bonds is 9. The molecule has 0 aliphatic rings. The summed E-state index contributed by atoms with van der Waals surface area (Å²) >= 11 is 0. The lowest BCUT2D eigenvalue weighted by molar-refractivity contribution is 0.0440. The molecule has 2 atom stereocenters. The van der Waals surface area contributed by atoms with Crippen LogP contribution in [-0.4, -0.2) is 19.3 Å². The van der Waals surface area contributed by atoms with Crippen molar-refractivity contribution >= 4 is 0 Å². The van der Waals surface area contributed by atoms with E-state index in [-0.39, 0.29) is 0 Å². The van der Waals surface area contributed by atoms with Crippen molar-refractivity contribution in [2.24, 2.45) is 0 Å². The van der Waals surface area contributed by atoms with Gasteiger partial charge in [-0.15, -0.1) is 0 Å². The first-order valence-corrected chi connectivity index (χ1v) is 7.58. The first kappa shape index (κ1) is 16.2. The smallest absolute Gasteiger partial charge is 0.0665 e. The highest BCUT2D eigenvalue weighted by Crippen LogP contribution is 2.16. The van der Waals surface area contributed by atoms with E-state index in [0.717, 1.165) is 26.0 Å². The molecule has 2 heteroatoms. The molecule has 1 aromatic rings. The molecule has 0 heterocycles. The summed E-state index contributed by atoms with van der Waals surface area (Å²) in [6, 6.07) is 9.06. The molecule has 2 nitrogen and oxygen atoms in total. The topological polar surface area (TPSA) is 21.3 Å². The van der Waals surface area contributed by atoms with Gasteiger partial charge in [-0.1, -0.05) is 50.1 Å². The Morgan fingerprint density at radius 1 is 1.11 bits per heavy atom. The molecule has 0 saturated heterocycles. The van der Waals surface area contributed by atoms with E-state index >= 15 is 0 Å². The molecule has 1 aromatic carbocycles. The van der Waals surface area contributed by atoms with E-state index in [2.05, 4.69) is 57.3 Å². The minimum atomic E-state index is 0.305. The molecule has 0 fully saturated rings. The number of aryl methyl sites for hydroxylation is 1. The van der Waals surface area contributed by atoms with Crippen LogP contribution in [0.3, 0.4) is 0 Å². The van der Waals surface area contributed by atoms with E-state index in [1.807, 2.05) is 0 Å². The van der Waals surface area contributed by atoms with Crippen LogP contribution in [0.1, 0.15) is 57.2 Å². The second-order valence-corrected chi connectivity index (χ2v) is 5.35. The zero-order valence-electron chi connectivity index (χ0n) is 12.9. The molecule has 0 spiro atoms. The molecule has 2 unspecified atom stereocenters. The minimum absolute atomic E-state index is 0.305. The third-order valence-electron chi connectivity index (χ3n) is 3.36. The van der Waals surface area contributed by atoms with Crippen LogP contribution >= 0.6 is 0 Å². The molecule has 0 amide bonds. The lowest BCUT2D eigenvalue weighted by Gasteiger charge is -2.22. The van der Waals surface area contributed by atoms with E-state index in [1.165, 1.54) is 17.5 Å². The number of hydrogen-bond donors (Lipinski definition) is 1. The van der Waals surface area contributed by atoms with Crippen molar-refractivity contribution in [3.8, 4) is 0 Å². The molecule has 108 valence electrons. The van der Waals surface area contributed by atoms with Gasteiger partial charge in [0.25, 0.3) is 0 Å². The van der Waals surface area contributed by atoms with Gasteiger partial charge in [0, 0.05) is 0 Å². The average molecular weight is 263 g/mol. The molecule has 0 aliphatic heterocycles. The van der Waals surface area contributed by atoms with Gasteiger partial charge in [0.05, 0.1) is 18.8 Å². The summed E-state index contributed by atoms with van der Waals surface area (Å²) in [6.07, 6.45) is 3.81. The van der Waals surface area contributed by atoms with Crippen molar-refractivity contribution in [2.45, 2.75) is 59.1 Å². The van der Waals surface area contributed by atoms with Crippen molar-refractivity contribution in [2.75, 3.05) is 13.2 Å². The van der Waals surface area contributed by atoms with Crippen LogP contribution in [0.4, 0.5) is 0 Å². The fourth-order valence-electron chi connectivity index (χ4n) is 2.14. The molecule has 19 heavy (non-hydrogen) atoms. The summed E-state index contributed by atoms with van der Waals surface area (Å²) in [5.74, 6) is 0. The highest BCUT2D eigenvalue weighted by atomic mass is 16.5. The Kier molecular flexibility index (Phi) is 7.76. The summed E-state index contributed by atoms with van der Waals surface area (Å²) < 4.78 is 5.96. The van der Waals surface area contributed by atoms with Crippen molar-refractivity contribution in [3.05, 3.63) is 35.4 Å². The van der Waals surface area contributed by atoms with Crippen molar-refractivity contribution < 1.29 is 4.74 Å². The standard InChI is InChI=1S/C17H29NO/c1-5-7-15(4)19-13-17(18-12-6-2)16-10-8-14(3)9-11-16/h8-11,15,17-18H,5-7,12-13H2,1-4H3. The molecule has 1 N–H and O–H groups in total. The summed E-state index contributed by atoms with van der Waals surface area (Å²) in [4.78, 5) is 0. The maximum Gasteiger partial charge on any atom is 0.0665 e. The zero-order valence-corrected chi connectivity index (χ0v) is 12.9. The Balaban J connectivity index is 2.58. The van der Waals surface area contributed by atoms with Gasteiger partial charge in [-0.2, -0.15) is 0 Å². The summed E-state index contributed by atoms with van der Waals surface area (Å²) in [6.45, 7) is 10.5. The predicted octanol–water partition coefficient (Wildman–Crippen LogP) is 4.24. The van der Waals surface area contributed by atoms with Crippen molar-refractivity contribution in [1.82, 2.24) is 5.32 Å². The van der Waals surface area contributed by atoms with Gasteiger partial charge in [0.15, 0.2) is 0 Å². The van der Waals surface area contributed by atoms with Gasteiger partial charge in [-0.3, -0.25) is 0 Å². The molecule has 1 rings (SSSR count). The third-order valence-corrected chi connectivity index (χ3v) is 3.36. The summed E-state index contributed by atoms with van der Waals surface area (Å²) in [5.41, 5.74) is 2.63. The van der Waals surface area contributed by atoms with Crippen LogP contribution < -0.4 is 5.32 Å². The highest BCUT2D eigenvalue weighted by molar-refractivity contribution is 5.24. The molecular formula is C17H29NO. The normalized spacial score (nSPS) is 14.3. The summed E-state index contributed by atoms with van der Waals surface area (Å²) in [5, 5.41) is 3.58. The molecule has 0 saturated carbocycles. The van der Waals surface area contributed by atoms with E-state index in [9.17, 15) is 0 Å². The first-order valence-electron chi connectivity index (χ1n) is 7.58. The SMILES string of the molecule is CCCNC(COC(C)CCC)c1ccc(C)cc1. The van der Waals surface area contributed by atoms with Gasteiger partial charge in [-0.25, -0.2) is 0 Å². The van der Waals surface area contributed by atoms with Crippen LogP contribution in [0.15, 0.2) is 24.3 Å². The fraction of sp³-hybridized carbons (Fsp3) is 0.647. The third kappa shape index (κ3) is 6.22. The van der Waals surface area contributed by atoms with Gasteiger partial charge >= 0.3 is 0 Å². The molecule has 0 aromatic heterocycles. The van der Waals surface area contributed by atoms with Crippen LogP contribution in [0, 0.1) is 6.92 Å². The van der Waals surface area contributed by atoms with Crippen LogP contribution in [0.25, 0.3) is 0 Å². The zero-order chi connectivity index (χ0) is 14.1. The fourth-order valence-corrected chi connectivity index (χ4v) is 2.14. The van der Waals surface area contributed by atoms with Gasteiger partial charge < -0.3 is 10.1 Å². The van der Waals surface area contributed by atoms with E-state index in [1.54, 1.807) is 0 Å². The van der Waals surface area contributed by atoms with Crippen molar-refractivity contribution in [3.63, 3.8) is 0 Å². The first-order chi connectivity index (χ1) is 9.17. The van der Waals surface area contributed by atoms with E-state index in [4.69, 9.17) is 4.74 Å². The van der Waals surface area contributed by atoms with Crippen LogP contribution in [0.2, 0.25) is 0 Å². The monoisotopic (exact) mass is 263 g/mol. The lowest BCUT2D eigenvalue weighted by Crippen LogP contribution is -2.28.